The molecule has 3 aromatic rings. The minimum Gasteiger partial charge on any atom is -0.496 e. The number of thiophene rings is 1. The van der Waals surface area contributed by atoms with E-state index in [0.717, 1.165) is 11.3 Å². The molecule has 1 atom stereocenters. The quantitative estimate of drug-likeness (QED) is 0.576. The predicted octanol–water partition coefficient (Wildman–Crippen LogP) is 3.15. The van der Waals surface area contributed by atoms with Crippen LogP contribution in [0.5, 0.6) is 5.75 Å². The normalized spacial score (nSPS) is 13.4. The first-order chi connectivity index (χ1) is 13.3. The Morgan fingerprint density at radius 2 is 1.93 bits per heavy atom. The number of aryl methyl sites for hydroxylation is 1. The summed E-state index contributed by atoms with van der Waals surface area (Å²) in [4.78, 5) is 0.0255. The summed E-state index contributed by atoms with van der Waals surface area (Å²) in [5.41, 5.74) is 0.652. The second-order valence-electron chi connectivity index (χ2n) is 5.96. The molecule has 2 aromatic heterocycles. The van der Waals surface area contributed by atoms with Gasteiger partial charge in [-0.3, -0.25) is 0 Å². The maximum Gasteiger partial charge on any atom is 0.240 e. The fourth-order valence-electron chi connectivity index (χ4n) is 2.69. The van der Waals surface area contributed by atoms with Gasteiger partial charge in [0.2, 0.25) is 10.0 Å². The second kappa shape index (κ2) is 8.08. The fourth-order valence-corrected chi connectivity index (χ4v) is 6.72. The zero-order valence-corrected chi connectivity index (χ0v) is 17.6. The van der Waals surface area contributed by atoms with Crippen LogP contribution in [0.2, 0.25) is 0 Å². The van der Waals surface area contributed by atoms with Gasteiger partial charge in [-0.05, 0) is 54.3 Å². The first-order valence-corrected chi connectivity index (χ1v) is 12.1. The van der Waals surface area contributed by atoms with Crippen LogP contribution in [0.1, 0.15) is 16.6 Å². The number of hydrogen-bond donors (Lipinski definition) is 1. The molecule has 0 aliphatic heterocycles. The van der Waals surface area contributed by atoms with Gasteiger partial charge in [0, 0.05) is 6.54 Å². The molecule has 0 bridgehead atoms. The van der Waals surface area contributed by atoms with Gasteiger partial charge in [0.15, 0.2) is 9.84 Å². The van der Waals surface area contributed by atoms with E-state index in [9.17, 15) is 16.8 Å². The number of nitrogens with one attached hydrogen (secondary N) is 1. The zero-order valence-electron chi connectivity index (χ0n) is 15.2. The SMILES string of the molecule is COc1ccc(S(=O)(=O)NC[C@H](c2ccco2)S(=O)(=O)c2cccs2)cc1C. The third kappa shape index (κ3) is 4.14. The van der Waals surface area contributed by atoms with Crippen LogP contribution < -0.4 is 9.46 Å². The van der Waals surface area contributed by atoms with Crippen molar-refractivity contribution in [2.45, 2.75) is 21.3 Å². The van der Waals surface area contributed by atoms with Gasteiger partial charge in [0.1, 0.15) is 21.0 Å². The lowest BCUT2D eigenvalue weighted by Gasteiger charge is -2.16. The Bertz CT molecular complexity index is 1130. The molecule has 1 N–H and O–H groups in total. The smallest absolute Gasteiger partial charge is 0.240 e. The average molecular weight is 442 g/mol. The number of furan rings is 1. The van der Waals surface area contributed by atoms with Crippen molar-refractivity contribution in [3.8, 4) is 5.75 Å². The number of sulfonamides is 1. The summed E-state index contributed by atoms with van der Waals surface area (Å²) in [5.74, 6) is 0.731. The first-order valence-electron chi connectivity index (χ1n) is 8.21. The second-order valence-corrected chi connectivity index (χ2v) is 11.0. The number of methoxy groups -OCH3 is 1. The molecule has 150 valence electrons. The van der Waals surface area contributed by atoms with Gasteiger partial charge in [0.05, 0.1) is 18.3 Å². The molecule has 7 nitrogen and oxygen atoms in total. The Morgan fingerprint density at radius 3 is 2.50 bits per heavy atom. The van der Waals surface area contributed by atoms with E-state index in [1.54, 1.807) is 30.5 Å². The molecule has 1 aromatic carbocycles. The number of sulfone groups is 1. The van der Waals surface area contributed by atoms with E-state index in [1.165, 1.54) is 37.6 Å². The minimum absolute atomic E-state index is 0.0255. The first kappa shape index (κ1) is 20.6. The molecule has 0 unspecified atom stereocenters. The summed E-state index contributed by atoms with van der Waals surface area (Å²) >= 11 is 1.07. The molecule has 0 saturated heterocycles. The van der Waals surface area contributed by atoms with E-state index in [-0.39, 0.29) is 21.4 Å². The van der Waals surface area contributed by atoms with E-state index in [1.807, 2.05) is 0 Å². The molecule has 3 rings (SSSR count). The van der Waals surface area contributed by atoms with Crippen molar-refractivity contribution in [3.63, 3.8) is 0 Å². The topological polar surface area (TPSA) is 103 Å². The summed E-state index contributed by atoms with van der Waals surface area (Å²) in [6.07, 6.45) is 1.35. The number of benzene rings is 1. The highest BCUT2D eigenvalue weighted by Crippen LogP contribution is 2.32. The van der Waals surface area contributed by atoms with Crippen LogP contribution in [0.3, 0.4) is 0 Å². The van der Waals surface area contributed by atoms with E-state index in [4.69, 9.17) is 9.15 Å². The van der Waals surface area contributed by atoms with Crippen molar-refractivity contribution in [2.75, 3.05) is 13.7 Å². The van der Waals surface area contributed by atoms with Crippen LogP contribution in [0.4, 0.5) is 0 Å². The lowest BCUT2D eigenvalue weighted by Crippen LogP contribution is -2.31. The summed E-state index contributed by atoms with van der Waals surface area (Å²) < 4.78 is 64.3. The van der Waals surface area contributed by atoms with Crippen molar-refractivity contribution < 1.29 is 26.0 Å². The molecular formula is C18H19NO6S3. The number of rotatable bonds is 8. The van der Waals surface area contributed by atoms with Gasteiger partial charge < -0.3 is 9.15 Å². The molecular weight excluding hydrogens is 422 g/mol. The zero-order chi connectivity index (χ0) is 20.4. The highest BCUT2D eigenvalue weighted by Gasteiger charge is 2.33. The highest BCUT2D eigenvalue weighted by molar-refractivity contribution is 7.93. The van der Waals surface area contributed by atoms with Crippen molar-refractivity contribution in [3.05, 3.63) is 65.4 Å². The van der Waals surface area contributed by atoms with Crippen molar-refractivity contribution in [2.24, 2.45) is 0 Å². The van der Waals surface area contributed by atoms with E-state index in [0.29, 0.717) is 11.3 Å². The largest absolute Gasteiger partial charge is 0.496 e. The Balaban J connectivity index is 1.89. The number of ether oxygens (including phenoxy) is 1. The maximum atomic E-state index is 13.0. The Labute approximate surface area is 167 Å². The van der Waals surface area contributed by atoms with Gasteiger partial charge in [0.25, 0.3) is 0 Å². The molecule has 0 spiro atoms. The molecule has 2 heterocycles. The Morgan fingerprint density at radius 1 is 1.14 bits per heavy atom. The molecule has 0 fully saturated rings. The van der Waals surface area contributed by atoms with Crippen molar-refractivity contribution >= 4 is 31.2 Å². The Kier molecular flexibility index (Phi) is 5.94. The van der Waals surface area contributed by atoms with Crippen LogP contribution >= 0.6 is 11.3 Å². The van der Waals surface area contributed by atoms with E-state index in [2.05, 4.69) is 4.72 Å². The lowest BCUT2D eigenvalue weighted by atomic mass is 10.2. The monoisotopic (exact) mass is 441 g/mol. The molecule has 0 radical (unpaired) electrons. The molecule has 10 heteroatoms. The average Bonchev–Trinajstić information content (AvgIpc) is 3.36. The predicted molar refractivity (Wildman–Crippen MR) is 106 cm³/mol. The van der Waals surface area contributed by atoms with Gasteiger partial charge >= 0.3 is 0 Å². The molecule has 0 aliphatic carbocycles. The van der Waals surface area contributed by atoms with Gasteiger partial charge in [-0.1, -0.05) is 6.07 Å². The standard InChI is InChI=1S/C18H19NO6S3/c1-13-11-14(7-8-15(13)24-2)28(22,23)19-12-17(16-5-3-9-25-16)27(20,21)18-6-4-10-26-18/h3-11,17,19H,12H2,1-2H3/t17-/m1/s1. The summed E-state index contributed by atoms with van der Waals surface area (Å²) in [7, 11) is -6.26. The molecule has 0 amide bonds. The third-order valence-electron chi connectivity index (χ3n) is 4.15. The van der Waals surface area contributed by atoms with Crippen LogP contribution in [0.15, 0.2) is 67.6 Å². The van der Waals surface area contributed by atoms with Crippen LogP contribution in [-0.2, 0) is 19.9 Å². The van der Waals surface area contributed by atoms with Crippen molar-refractivity contribution in [1.29, 1.82) is 0 Å². The maximum absolute atomic E-state index is 13.0. The minimum atomic E-state index is -3.93. The van der Waals surface area contributed by atoms with Crippen LogP contribution in [0, 0.1) is 6.92 Å². The van der Waals surface area contributed by atoms with Crippen LogP contribution in [0.25, 0.3) is 0 Å². The van der Waals surface area contributed by atoms with Crippen LogP contribution in [-0.4, -0.2) is 30.5 Å². The Hall–Kier alpha value is -2.14. The highest BCUT2D eigenvalue weighted by atomic mass is 32.2. The van der Waals surface area contributed by atoms with E-state index < -0.39 is 25.1 Å². The number of hydrogen-bond acceptors (Lipinski definition) is 7. The molecule has 28 heavy (non-hydrogen) atoms. The van der Waals surface area contributed by atoms with Gasteiger partial charge in [-0.25, -0.2) is 21.6 Å². The summed E-state index contributed by atoms with van der Waals surface area (Å²) in [6, 6.07) is 10.6. The summed E-state index contributed by atoms with van der Waals surface area (Å²) in [5, 5.41) is 0.464. The van der Waals surface area contributed by atoms with Gasteiger partial charge in [-0.2, -0.15) is 0 Å². The molecule has 0 aliphatic rings. The van der Waals surface area contributed by atoms with E-state index >= 15 is 0 Å². The fraction of sp³-hybridized carbons (Fsp3) is 0.222. The van der Waals surface area contributed by atoms with Crippen molar-refractivity contribution in [1.82, 2.24) is 4.72 Å². The summed E-state index contributed by atoms with van der Waals surface area (Å²) in [6.45, 7) is 1.37. The molecule has 0 saturated carbocycles. The third-order valence-corrected chi connectivity index (χ3v) is 9.06. The lowest BCUT2D eigenvalue weighted by molar-refractivity contribution is 0.411. The van der Waals surface area contributed by atoms with Gasteiger partial charge in [-0.15, -0.1) is 11.3 Å².